The zero-order chi connectivity index (χ0) is 20.8. The van der Waals surface area contributed by atoms with Crippen molar-refractivity contribution in [2.45, 2.75) is 46.2 Å². The molecular formula is C19H30N4O4. The number of benzene rings is 1. The standard InChI is InChI=1S/C19H30N4O4/c1-12-8-9-14(15(10-12)27-11-16(24)23(6)7)20-13(2)17(25)21-18(26)22-19(3,4)5/h8-10,13,20H,11H2,1-7H3,(H2,21,22,25,26)/t13-/m1/s1. The third-order valence-electron chi connectivity index (χ3n) is 3.48. The minimum absolute atomic E-state index is 0.111. The first-order chi connectivity index (χ1) is 12.4. The second kappa shape index (κ2) is 9.25. The third-order valence-corrected chi connectivity index (χ3v) is 3.48. The summed E-state index contributed by atoms with van der Waals surface area (Å²) in [4.78, 5) is 37.3. The van der Waals surface area contributed by atoms with Crippen LogP contribution >= 0.6 is 0 Å². The fourth-order valence-electron chi connectivity index (χ4n) is 2.03. The quantitative estimate of drug-likeness (QED) is 0.702. The molecule has 1 atom stereocenters. The number of hydrogen-bond acceptors (Lipinski definition) is 5. The molecule has 8 heteroatoms. The van der Waals surface area contributed by atoms with Crippen molar-refractivity contribution in [3.05, 3.63) is 23.8 Å². The number of carbonyl (C=O) groups excluding carboxylic acids is 3. The van der Waals surface area contributed by atoms with Crippen molar-refractivity contribution >= 4 is 23.5 Å². The summed E-state index contributed by atoms with van der Waals surface area (Å²) in [6.07, 6.45) is 0. The molecule has 1 rings (SSSR count). The van der Waals surface area contributed by atoms with E-state index in [-0.39, 0.29) is 12.5 Å². The lowest BCUT2D eigenvalue weighted by atomic mass is 10.1. The maximum absolute atomic E-state index is 12.2. The zero-order valence-electron chi connectivity index (χ0n) is 17.1. The van der Waals surface area contributed by atoms with Gasteiger partial charge >= 0.3 is 6.03 Å². The van der Waals surface area contributed by atoms with Crippen molar-refractivity contribution in [3.63, 3.8) is 0 Å². The highest BCUT2D eigenvalue weighted by Crippen LogP contribution is 2.26. The predicted molar refractivity (Wildman–Crippen MR) is 105 cm³/mol. The van der Waals surface area contributed by atoms with Crippen molar-refractivity contribution in [2.75, 3.05) is 26.0 Å². The van der Waals surface area contributed by atoms with Crippen molar-refractivity contribution in [3.8, 4) is 5.75 Å². The molecule has 0 radical (unpaired) electrons. The van der Waals surface area contributed by atoms with Gasteiger partial charge in [-0.05, 0) is 52.3 Å². The van der Waals surface area contributed by atoms with Gasteiger partial charge in [0.2, 0.25) is 5.91 Å². The first kappa shape index (κ1) is 22.3. The van der Waals surface area contributed by atoms with Gasteiger partial charge in [-0.1, -0.05) is 6.07 Å². The number of nitrogens with one attached hydrogen (secondary N) is 3. The van der Waals surface area contributed by atoms with Gasteiger partial charge in [0.25, 0.3) is 5.91 Å². The van der Waals surface area contributed by atoms with E-state index in [9.17, 15) is 14.4 Å². The summed E-state index contributed by atoms with van der Waals surface area (Å²) in [5.41, 5.74) is 1.07. The van der Waals surface area contributed by atoms with Gasteiger partial charge in [0, 0.05) is 19.6 Å². The topological polar surface area (TPSA) is 99.8 Å². The van der Waals surface area contributed by atoms with Crippen LogP contribution in [0.2, 0.25) is 0 Å². The predicted octanol–water partition coefficient (Wildman–Crippen LogP) is 1.89. The summed E-state index contributed by atoms with van der Waals surface area (Å²) in [6.45, 7) is 8.89. The molecule has 0 aliphatic heterocycles. The van der Waals surface area contributed by atoms with Crippen molar-refractivity contribution < 1.29 is 19.1 Å². The molecule has 4 amide bonds. The van der Waals surface area contributed by atoms with E-state index in [1.54, 1.807) is 33.2 Å². The molecule has 0 aliphatic rings. The second-order valence-electron chi connectivity index (χ2n) is 7.64. The fourth-order valence-corrected chi connectivity index (χ4v) is 2.03. The number of ether oxygens (including phenoxy) is 1. The van der Waals surface area contributed by atoms with E-state index in [2.05, 4.69) is 16.0 Å². The maximum atomic E-state index is 12.2. The third kappa shape index (κ3) is 7.98. The van der Waals surface area contributed by atoms with Crippen LogP contribution < -0.4 is 20.7 Å². The molecule has 0 aromatic heterocycles. The first-order valence-corrected chi connectivity index (χ1v) is 8.72. The lowest BCUT2D eigenvalue weighted by molar-refractivity contribution is -0.130. The SMILES string of the molecule is Cc1ccc(N[C@H](C)C(=O)NC(=O)NC(C)(C)C)c(OCC(=O)N(C)C)c1. The minimum atomic E-state index is -0.690. The first-order valence-electron chi connectivity index (χ1n) is 8.72. The average molecular weight is 378 g/mol. The average Bonchev–Trinajstić information content (AvgIpc) is 2.52. The van der Waals surface area contributed by atoms with Crippen LogP contribution in [0.25, 0.3) is 0 Å². The normalized spacial score (nSPS) is 12.0. The van der Waals surface area contributed by atoms with Crippen LogP contribution in [0.1, 0.15) is 33.3 Å². The zero-order valence-corrected chi connectivity index (χ0v) is 17.1. The van der Waals surface area contributed by atoms with Crippen LogP contribution in [0.3, 0.4) is 0 Å². The molecule has 8 nitrogen and oxygen atoms in total. The summed E-state index contributed by atoms with van der Waals surface area (Å²) >= 11 is 0. The van der Waals surface area contributed by atoms with Crippen molar-refractivity contribution in [2.24, 2.45) is 0 Å². The molecule has 1 aromatic rings. The molecule has 0 spiro atoms. The smallest absolute Gasteiger partial charge is 0.321 e. The van der Waals surface area contributed by atoms with E-state index in [0.717, 1.165) is 5.56 Å². The number of aryl methyl sites for hydroxylation is 1. The molecule has 0 unspecified atom stereocenters. The molecule has 150 valence electrons. The molecule has 0 saturated carbocycles. The Morgan fingerprint density at radius 3 is 2.37 bits per heavy atom. The summed E-state index contributed by atoms with van der Waals surface area (Å²) in [6, 6.07) is 4.16. The van der Waals surface area contributed by atoms with Crippen LogP contribution in [0.4, 0.5) is 10.5 Å². The molecule has 0 fully saturated rings. The molecule has 0 saturated heterocycles. The minimum Gasteiger partial charge on any atom is -0.482 e. The number of anilines is 1. The van der Waals surface area contributed by atoms with Crippen LogP contribution in [0.5, 0.6) is 5.75 Å². The van der Waals surface area contributed by atoms with Gasteiger partial charge in [0.05, 0.1) is 5.69 Å². The Balaban J connectivity index is 2.77. The lowest BCUT2D eigenvalue weighted by Crippen LogP contribution is -2.51. The molecular weight excluding hydrogens is 348 g/mol. The van der Waals surface area contributed by atoms with Gasteiger partial charge in [0.15, 0.2) is 6.61 Å². The van der Waals surface area contributed by atoms with Crippen LogP contribution in [0.15, 0.2) is 18.2 Å². The van der Waals surface area contributed by atoms with E-state index < -0.39 is 23.5 Å². The number of amides is 4. The van der Waals surface area contributed by atoms with Gasteiger partial charge in [-0.3, -0.25) is 14.9 Å². The van der Waals surface area contributed by atoms with Gasteiger partial charge in [-0.2, -0.15) is 0 Å². The summed E-state index contributed by atoms with van der Waals surface area (Å²) in [7, 11) is 3.30. The molecule has 1 aromatic carbocycles. The highest BCUT2D eigenvalue weighted by atomic mass is 16.5. The Bertz CT molecular complexity index is 695. The highest BCUT2D eigenvalue weighted by molar-refractivity contribution is 5.98. The number of urea groups is 1. The Morgan fingerprint density at radius 2 is 1.81 bits per heavy atom. The van der Waals surface area contributed by atoms with Crippen LogP contribution in [-0.4, -0.2) is 55.0 Å². The lowest BCUT2D eigenvalue weighted by Gasteiger charge is -2.22. The number of rotatable bonds is 6. The van der Waals surface area contributed by atoms with Gasteiger partial charge < -0.3 is 20.3 Å². The summed E-state index contributed by atoms with van der Waals surface area (Å²) in [5, 5.41) is 7.98. The number of nitrogens with zero attached hydrogens (tertiary/aromatic N) is 1. The Hall–Kier alpha value is -2.77. The van der Waals surface area contributed by atoms with Crippen LogP contribution in [0, 0.1) is 6.92 Å². The van der Waals surface area contributed by atoms with E-state index in [1.165, 1.54) is 4.90 Å². The van der Waals surface area contributed by atoms with E-state index in [1.807, 2.05) is 33.8 Å². The van der Waals surface area contributed by atoms with Gasteiger partial charge in [0.1, 0.15) is 11.8 Å². The summed E-state index contributed by atoms with van der Waals surface area (Å²) in [5.74, 6) is -0.191. The van der Waals surface area contributed by atoms with Crippen molar-refractivity contribution in [1.29, 1.82) is 0 Å². The number of carbonyl (C=O) groups is 3. The van der Waals surface area contributed by atoms with E-state index in [0.29, 0.717) is 11.4 Å². The number of hydrogen-bond donors (Lipinski definition) is 3. The van der Waals surface area contributed by atoms with E-state index in [4.69, 9.17) is 4.74 Å². The molecule has 27 heavy (non-hydrogen) atoms. The van der Waals surface area contributed by atoms with Crippen molar-refractivity contribution in [1.82, 2.24) is 15.5 Å². The number of likely N-dealkylation sites (N-methyl/N-ethyl adjacent to an activating group) is 1. The monoisotopic (exact) mass is 378 g/mol. The molecule has 3 N–H and O–H groups in total. The molecule has 0 bridgehead atoms. The summed E-state index contributed by atoms with van der Waals surface area (Å²) < 4.78 is 5.60. The Labute approximate surface area is 160 Å². The molecule has 0 aliphatic carbocycles. The Morgan fingerprint density at radius 1 is 1.19 bits per heavy atom. The Kier molecular flexibility index (Phi) is 7.63. The maximum Gasteiger partial charge on any atom is 0.321 e. The second-order valence-corrected chi connectivity index (χ2v) is 7.64. The fraction of sp³-hybridized carbons (Fsp3) is 0.526. The number of imide groups is 1. The van der Waals surface area contributed by atoms with Gasteiger partial charge in [-0.15, -0.1) is 0 Å². The van der Waals surface area contributed by atoms with Crippen LogP contribution in [-0.2, 0) is 9.59 Å². The highest BCUT2D eigenvalue weighted by Gasteiger charge is 2.20. The largest absolute Gasteiger partial charge is 0.482 e. The van der Waals surface area contributed by atoms with E-state index >= 15 is 0 Å². The molecule has 0 heterocycles. The van der Waals surface area contributed by atoms with Gasteiger partial charge in [-0.25, -0.2) is 4.79 Å².